The number of nitrogens with zero attached hydrogens (tertiary/aromatic N) is 2. The highest BCUT2D eigenvalue weighted by molar-refractivity contribution is 7.09. The second-order valence-electron chi connectivity index (χ2n) is 4.29. The molecule has 1 amide bonds. The number of furan rings is 1. The first-order valence-electron chi connectivity index (χ1n) is 6.38. The topological polar surface area (TPSA) is 60.1 Å². The van der Waals surface area contributed by atoms with E-state index in [-0.39, 0.29) is 5.91 Å². The lowest BCUT2D eigenvalue weighted by Crippen LogP contribution is -2.13. The van der Waals surface area contributed by atoms with E-state index in [1.54, 1.807) is 52.8 Å². The molecule has 0 saturated heterocycles. The SMILES string of the molecule is O=C(/C=C\c1ccco1)Nc1ccnn1Cc1cccs1. The average Bonchev–Trinajstić information content (AvgIpc) is 3.20. The average molecular weight is 299 g/mol. The van der Waals surface area contributed by atoms with Gasteiger partial charge in [-0.3, -0.25) is 4.79 Å². The van der Waals surface area contributed by atoms with Crippen molar-refractivity contribution < 1.29 is 9.21 Å². The Kier molecular flexibility index (Phi) is 3.97. The van der Waals surface area contributed by atoms with Gasteiger partial charge in [0.05, 0.1) is 19.0 Å². The van der Waals surface area contributed by atoms with Crippen molar-refractivity contribution in [2.24, 2.45) is 0 Å². The van der Waals surface area contributed by atoms with Crippen molar-refractivity contribution in [2.45, 2.75) is 6.54 Å². The summed E-state index contributed by atoms with van der Waals surface area (Å²) in [5.41, 5.74) is 0. The Hall–Kier alpha value is -2.60. The zero-order chi connectivity index (χ0) is 14.5. The second-order valence-corrected chi connectivity index (χ2v) is 5.32. The molecule has 3 rings (SSSR count). The van der Waals surface area contributed by atoms with Gasteiger partial charge in [0.1, 0.15) is 11.6 Å². The molecule has 0 spiro atoms. The number of nitrogens with one attached hydrogen (secondary N) is 1. The Balaban J connectivity index is 1.65. The highest BCUT2D eigenvalue weighted by atomic mass is 32.1. The minimum atomic E-state index is -0.223. The van der Waals surface area contributed by atoms with Gasteiger partial charge in [-0.05, 0) is 29.7 Å². The van der Waals surface area contributed by atoms with Crippen LogP contribution in [0.25, 0.3) is 6.08 Å². The number of amides is 1. The zero-order valence-corrected chi connectivity index (χ0v) is 11.9. The molecule has 0 aliphatic carbocycles. The van der Waals surface area contributed by atoms with E-state index in [4.69, 9.17) is 4.42 Å². The van der Waals surface area contributed by atoms with Crippen molar-refractivity contribution in [3.8, 4) is 0 Å². The van der Waals surface area contributed by atoms with Crippen LogP contribution in [0.1, 0.15) is 10.6 Å². The summed E-state index contributed by atoms with van der Waals surface area (Å²) >= 11 is 1.66. The lowest BCUT2D eigenvalue weighted by molar-refractivity contribution is -0.111. The van der Waals surface area contributed by atoms with Gasteiger partial charge in [-0.2, -0.15) is 5.10 Å². The van der Waals surface area contributed by atoms with Crippen molar-refractivity contribution in [3.05, 3.63) is 64.9 Å². The molecule has 3 heterocycles. The number of hydrogen-bond donors (Lipinski definition) is 1. The fraction of sp³-hybridized carbons (Fsp3) is 0.0667. The molecule has 106 valence electrons. The molecule has 6 heteroatoms. The third kappa shape index (κ3) is 3.49. The van der Waals surface area contributed by atoms with Crippen molar-refractivity contribution in [3.63, 3.8) is 0 Å². The molecule has 1 N–H and O–H groups in total. The molecule has 0 bridgehead atoms. The minimum Gasteiger partial charge on any atom is -0.465 e. The Bertz CT molecular complexity index is 727. The standard InChI is InChI=1S/C15H13N3O2S/c19-15(6-5-12-3-1-9-20-12)17-14-7-8-16-18(14)11-13-4-2-10-21-13/h1-10H,11H2,(H,17,19)/b6-5-. The van der Waals surface area contributed by atoms with Gasteiger partial charge in [0.15, 0.2) is 0 Å². The molecule has 3 aromatic heterocycles. The molecular weight excluding hydrogens is 286 g/mol. The minimum absolute atomic E-state index is 0.223. The molecule has 0 fully saturated rings. The molecule has 0 atom stereocenters. The fourth-order valence-corrected chi connectivity index (χ4v) is 2.51. The Morgan fingerprint density at radius 3 is 3.10 bits per heavy atom. The molecule has 0 aliphatic heterocycles. The summed E-state index contributed by atoms with van der Waals surface area (Å²) < 4.78 is 6.88. The number of anilines is 1. The van der Waals surface area contributed by atoms with Crippen molar-refractivity contribution in [1.82, 2.24) is 9.78 Å². The Morgan fingerprint density at radius 2 is 2.33 bits per heavy atom. The molecule has 0 unspecified atom stereocenters. The van der Waals surface area contributed by atoms with Crippen molar-refractivity contribution in [2.75, 3.05) is 5.32 Å². The number of hydrogen-bond acceptors (Lipinski definition) is 4. The van der Waals surface area contributed by atoms with Gasteiger partial charge < -0.3 is 9.73 Å². The van der Waals surface area contributed by atoms with Crippen LogP contribution in [0, 0.1) is 0 Å². The second kappa shape index (κ2) is 6.23. The first-order chi connectivity index (χ1) is 10.3. The maximum absolute atomic E-state index is 11.9. The summed E-state index contributed by atoms with van der Waals surface area (Å²) in [5.74, 6) is 1.08. The predicted molar refractivity (Wildman–Crippen MR) is 82.0 cm³/mol. The lowest BCUT2D eigenvalue weighted by Gasteiger charge is -2.06. The van der Waals surface area contributed by atoms with E-state index in [2.05, 4.69) is 10.4 Å². The molecule has 0 saturated carbocycles. The Labute approximate surface area is 125 Å². The van der Waals surface area contributed by atoms with Crippen LogP contribution in [0.3, 0.4) is 0 Å². The van der Waals surface area contributed by atoms with E-state index in [1.165, 1.54) is 11.0 Å². The summed E-state index contributed by atoms with van der Waals surface area (Å²) in [6, 6.07) is 9.35. The van der Waals surface area contributed by atoms with E-state index < -0.39 is 0 Å². The number of thiophene rings is 1. The van der Waals surface area contributed by atoms with Crippen molar-refractivity contribution >= 4 is 29.1 Å². The van der Waals surface area contributed by atoms with E-state index >= 15 is 0 Å². The van der Waals surface area contributed by atoms with Crippen LogP contribution in [0.4, 0.5) is 5.82 Å². The maximum Gasteiger partial charge on any atom is 0.249 e. The van der Waals surface area contributed by atoms with Crippen molar-refractivity contribution in [1.29, 1.82) is 0 Å². The first-order valence-corrected chi connectivity index (χ1v) is 7.26. The summed E-state index contributed by atoms with van der Waals surface area (Å²) in [5, 5.41) is 9.04. The normalized spacial score (nSPS) is 11.0. The van der Waals surface area contributed by atoms with Crippen LogP contribution in [-0.4, -0.2) is 15.7 Å². The molecular formula is C15H13N3O2S. The van der Waals surface area contributed by atoms with Gasteiger partial charge in [0, 0.05) is 17.0 Å². The monoisotopic (exact) mass is 299 g/mol. The lowest BCUT2D eigenvalue weighted by atomic mass is 10.4. The summed E-state index contributed by atoms with van der Waals surface area (Å²) in [6.07, 6.45) is 6.28. The number of rotatable bonds is 5. The smallest absolute Gasteiger partial charge is 0.249 e. The van der Waals surface area contributed by atoms with E-state index in [0.717, 1.165) is 0 Å². The zero-order valence-electron chi connectivity index (χ0n) is 11.1. The van der Waals surface area contributed by atoms with Crippen LogP contribution in [-0.2, 0) is 11.3 Å². The van der Waals surface area contributed by atoms with Gasteiger partial charge in [-0.15, -0.1) is 11.3 Å². The Morgan fingerprint density at radius 1 is 1.38 bits per heavy atom. The van der Waals surface area contributed by atoms with Crippen LogP contribution in [0.15, 0.2) is 58.7 Å². The predicted octanol–water partition coefficient (Wildman–Crippen LogP) is 3.24. The summed E-state index contributed by atoms with van der Waals surface area (Å²) in [6.45, 7) is 0.641. The number of carbonyl (C=O) groups is 1. The molecule has 5 nitrogen and oxygen atoms in total. The van der Waals surface area contributed by atoms with E-state index in [0.29, 0.717) is 18.1 Å². The van der Waals surface area contributed by atoms with Crippen LogP contribution in [0.2, 0.25) is 0 Å². The maximum atomic E-state index is 11.9. The van der Waals surface area contributed by atoms with E-state index in [1.807, 2.05) is 17.5 Å². The van der Waals surface area contributed by atoms with Crippen LogP contribution < -0.4 is 5.32 Å². The van der Waals surface area contributed by atoms with Gasteiger partial charge in [-0.25, -0.2) is 4.68 Å². The number of aromatic nitrogens is 2. The van der Waals surface area contributed by atoms with Gasteiger partial charge in [-0.1, -0.05) is 6.07 Å². The third-order valence-corrected chi connectivity index (χ3v) is 3.66. The largest absolute Gasteiger partial charge is 0.465 e. The number of carbonyl (C=O) groups excluding carboxylic acids is 1. The quantitative estimate of drug-likeness (QED) is 0.736. The third-order valence-electron chi connectivity index (χ3n) is 2.80. The van der Waals surface area contributed by atoms with E-state index in [9.17, 15) is 4.79 Å². The highest BCUT2D eigenvalue weighted by Gasteiger charge is 2.06. The summed E-state index contributed by atoms with van der Waals surface area (Å²) in [7, 11) is 0. The fourth-order valence-electron chi connectivity index (χ4n) is 1.83. The van der Waals surface area contributed by atoms with Gasteiger partial charge in [0.2, 0.25) is 5.91 Å². The molecule has 3 aromatic rings. The van der Waals surface area contributed by atoms with Gasteiger partial charge in [0.25, 0.3) is 0 Å². The van der Waals surface area contributed by atoms with Crippen LogP contribution >= 0.6 is 11.3 Å². The first kappa shape index (κ1) is 13.4. The van der Waals surface area contributed by atoms with Gasteiger partial charge >= 0.3 is 0 Å². The highest BCUT2D eigenvalue weighted by Crippen LogP contribution is 2.14. The molecule has 0 aromatic carbocycles. The molecule has 0 aliphatic rings. The summed E-state index contributed by atoms with van der Waals surface area (Å²) in [4.78, 5) is 13.1. The van der Waals surface area contributed by atoms with Crippen LogP contribution in [0.5, 0.6) is 0 Å². The molecule has 0 radical (unpaired) electrons. The molecule has 21 heavy (non-hydrogen) atoms.